The van der Waals surface area contributed by atoms with Gasteiger partial charge in [0.25, 0.3) is 0 Å². The van der Waals surface area contributed by atoms with Gasteiger partial charge in [-0.1, -0.05) is 0 Å². The smallest absolute Gasteiger partial charge is 0.191 e. The number of likely N-dealkylation sites (tertiary alicyclic amines) is 1. The molecule has 0 aromatic rings. The lowest BCUT2D eigenvalue weighted by molar-refractivity contribution is 0.0723. The van der Waals surface area contributed by atoms with Gasteiger partial charge < -0.3 is 20.6 Å². The maximum Gasteiger partial charge on any atom is 0.191 e. The molecule has 2 aliphatic heterocycles. The Labute approximate surface area is 138 Å². The minimum absolute atomic E-state index is 0.509. The van der Waals surface area contributed by atoms with E-state index in [9.17, 15) is 5.11 Å². The molecule has 0 bridgehead atoms. The zero-order valence-electron chi connectivity index (χ0n) is 13.7. The topological polar surface area (TPSA) is 59.9 Å². The van der Waals surface area contributed by atoms with Crippen molar-refractivity contribution in [2.45, 2.75) is 43.7 Å². The SMILES string of the molecule is CN=C(NCC1(O)CCSC1)NC1CCN(CC2CC2)CC1. The molecule has 6 heteroatoms. The monoisotopic (exact) mass is 326 g/mol. The molecular formula is C16H30N4OS. The van der Waals surface area contributed by atoms with Gasteiger partial charge in [0.1, 0.15) is 0 Å². The van der Waals surface area contributed by atoms with Crippen LogP contribution in [0.15, 0.2) is 4.99 Å². The summed E-state index contributed by atoms with van der Waals surface area (Å²) in [7, 11) is 1.81. The third-order valence-corrected chi connectivity index (χ3v) is 6.27. The summed E-state index contributed by atoms with van der Waals surface area (Å²) in [5, 5.41) is 17.2. The lowest BCUT2D eigenvalue weighted by Crippen LogP contribution is -2.52. The quantitative estimate of drug-likeness (QED) is 0.517. The number of nitrogens with one attached hydrogen (secondary N) is 2. The average Bonchev–Trinajstić information content (AvgIpc) is 3.24. The molecule has 5 nitrogen and oxygen atoms in total. The van der Waals surface area contributed by atoms with Crippen molar-refractivity contribution in [3.8, 4) is 0 Å². The van der Waals surface area contributed by atoms with Crippen molar-refractivity contribution in [2.24, 2.45) is 10.9 Å². The highest BCUT2D eigenvalue weighted by Gasteiger charge is 2.32. The minimum Gasteiger partial charge on any atom is -0.387 e. The van der Waals surface area contributed by atoms with E-state index in [4.69, 9.17) is 0 Å². The van der Waals surface area contributed by atoms with Crippen LogP contribution in [0.2, 0.25) is 0 Å². The maximum atomic E-state index is 10.4. The van der Waals surface area contributed by atoms with Crippen LogP contribution >= 0.6 is 11.8 Å². The summed E-state index contributed by atoms with van der Waals surface area (Å²) in [6, 6.07) is 0.509. The summed E-state index contributed by atoms with van der Waals surface area (Å²) in [6.45, 7) is 4.31. The zero-order valence-corrected chi connectivity index (χ0v) is 14.5. The number of piperidine rings is 1. The van der Waals surface area contributed by atoms with Crippen LogP contribution < -0.4 is 10.6 Å². The molecule has 3 aliphatic rings. The highest BCUT2D eigenvalue weighted by atomic mass is 32.2. The zero-order chi connectivity index (χ0) is 15.4. The molecule has 3 fully saturated rings. The van der Waals surface area contributed by atoms with Gasteiger partial charge in [0, 0.05) is 45.0 Å². The molecule has 0 aromatic carbocycles. The molecule has 1 unspecified atom stereocenters. The van der Waals surface area contributed by atoms with Crippen LogP contribution in [0, 0.1) is 5.92 Å². The van der Waals surface area contributed by atoms with Crippen LogP contribution in [-0.2, 0) is 0 Å². The average molecular weight is 327 g/mol. The summed E-state index contributed by atoms with van der Waals surface area (Å²) >= 11 is 1.83. The Morgan fingerprint density at radius 3 is 2.68 bits per heavy atom. The van der Waals surface area contributed by atoms with Gasteiger partial charge in [-0.2, -0.15) is 11.8 Å². The number of hydrogen-bond acceptors (Lipinski definition) is 4. The van der Waals surface area contributed by atoms with Crippen molar-refractivity contribution in [2.75, 3.05) is 44.7 Å². The minimum atomic E-state index is -0.560. The third-order valence-electron chi connectivity index (χ3n) is 5.03. The van der Waals surface area contributed by atoms with Crippen LogP contribution in [0.25, 0.3) is 0 Å². The molecule has 1 atom stereocenters. The summed E-state index contributed by atoms with van der Waals surface area (Å²) < 4.78 is 0. The van der Waals surface area contributed by atoms with Gasteiger partial charge in [0.2, 0.25) is 0 Å². The number of nitrogens with zero attached hydrogens (tertiary/aromatic N) is 2. The Balaban J connectivity index is 1.37. The van der Waals surface area contributed by atoms with Gasteiger partial charge in [-0.3, -0.25) is 4.99 Å². The fraction of sp³-hybridized carbons (Fsp3) is 0.938. The molecule has 2 saturated heterocycles. The Morgan fingerprint density at radius 2 is 2.09 bits per heavy atom. The molecule has 2 heterocycles. The number of guanidine groups is 1. The lowest BCUT2D eigenvalue weighted by atomic mass is 10.0. The predicted molar refractivity (Wildman–Crippen MR) is 93.6 cm³/mol. The summed E-state index contributed by atoms with van der Waals surface area (Å²) in [6.07, 6.45) is 6.13. The molecule has 22 heavy (non-hydrogen) atoms. The second-order valence-electron chi connectivity index (χ2n) is 7.12. The van der Waals surface area contributed by atoms with Crippen molar-refractivity contribution in [3.05, 3.63) is 0 Å². The fourth-order valence-electron chi connectivity index (χ4n) is 3.30. The molecule has 0 amide bonds. The fourth-order valence-corrected chi connectivity index (χ4v) is 4.59. The van der Waals surface area contributed by atoms with Crippen molar-refractivity contribution in [1.29, 1.82) is 0 Å². The van der Waals surface area contributed by atoms with Gasteiger partial charge >= 0.3 is 0 Å². The molecule has 0 spiro atoms. The second kappa shape index (κ2) is 7.41. The summed E-state index contributed by atoms with van der Waals surface area (Å²) in [5.41, 5.74) is -0.560. The van der Waals surface area contributed by atoms with Crippen LogP contribution in [0.4, 0.5) is 0 Å². The first-order valence-corrected chi connectivity index (χ1v) is 9.82. The van der Waals surface area contributed by atoms with Crippen molar-refractivity contribution < 1.29 is 5.11 Å². The van der Waals surface area contributed by atoms with Crippen LogP contribution in [0.1, 0.15) is 32.1 Å². The molecule has 3 N–H and O–H groups in total. The Hall–Kier alpha value is -0.460. The number of aliphatic hydroxyl groups is 1. The normalized spacial score (nSPS) is 31.5. The predicted octanol–water partition coefficient (Wildman–Crippen LogP) is 0.894. The maximum absolute atomic E-state index is 10.4. The Morgan fingerprint density at radius 1 is 1.32 bits per heavy atom. The van der Waals surface area contributed by atoms with E-state index in [0.29, 0.717) is 12.6 Å². The standard InChI is InChI=1S/C16H30N4OS/c1-17-15(18-11-16(21)6-9-22-12-16)19-14-4-7-20(8-5-14)10-13-2-3-13/h13-14,21H,2-12H2,1H3,(H2,17,18,19). The van der Waals surface area contributed by atoms with Crippen molar-refractivity contribution >= 4 is 17.7 Å². The largest absolute Gasteiger partial charge is 0.387 e. The van der Waals surface area contributed by atoms with Crippen molar-refractivity contribution in [1.82, 2.24) is 15.5 Å². The molecule has 1 aliphatic carbocycles. The molecule has 3 rings (SSSR count). The first-order chi connectivity index (χ1) is 10.7. The van der Waals surface area contributed by atoms with E-state index in [-0.39, 0.29) is 0 Å². The van der Waals surface area contributed by atoms with E-state index < -0.39 is 5.60 Å². The highest BCUT2D eigenvalue weighted by Crippen LogP contribution is 2.30. The van der Waals surface area contributed by atoms with Crippen LogP contribution in [0.5, 0.6) is 0 Å². The summed E-state index contributed by atoms with van der Waals surface area (Å²) in [5.74, 6) is 3.72. The van der Waals surface area contributed by atoms with E-state index in [1.807, 2.05) is 18.8 Å². The number of rotatable bonds is 5. The van der Waals surface area contributed by atoms with Gasteiger partial charge in [-0.25, -0.2) is 0 Å². The third kappa shape index (κ3) is 4.77. The molecule has 0 aromatic heterocycles. The van der Waals surface area contributed by atoms with E-state index >= 15 is 0 Å². The van der Waals surface area contributed by atoms with E-state index in [1.54, 1.807) is 0 Å². The van der Waals surface area contributed by atoms with Crippen LogP contribution in [0.3, 0.4) is 0 Å². The molecule has 126 valence electrons. The highest BCUT2D eigenvalue weighted by molar-refractivity contribution is 7.99. The molecular weight excluding hydrogens is 296 g/mol. The Bertz CT molecular complexity index is 386. The van der Waals surface area contributed by atoms with Crippen molar-refractivity contribution in [3.63, 3.8) is 0 Å². The van der Waals surface area contributed by atoms with Gasteiger partial charge in [-0.05, 0) is 43.8 Å². The lowest BCUT2D eigenvalue weighted by Gasteiger charge is -2.33. The number of aliphatic imine (C=N–C) groups is 1. The number of hydrogen-bond donors (Lipinski definition) is 3. The van der Waals surface area contributed by atoms with Crippen LogP contribution in [-0.4, -0.2) is 72.3 Å². The van der Waals surface area contributed by atoms with Gasteiger partial charge in [-0.15, -0.1) is 0 Å². The van der Waals surface area contributed by atoms with Gasteiger partial charge in [0.05, 0.1) is 5.60 Å². The first-order valence-electron chi connectivity index (χ1n) is 8.66. The second-order valence-corrected chi connectivity index (χ2v) is 8.22. The van der Waals surface area contributed by atoms with E-state index in [1.165, 1.54) is 45.3 Å². The molecule has 1 saturated carbocycles. The number of thioether (sulfide) groups is 1. The first kappa shape index (κ1) is 16.4. The van der Waals surface area contributed by atoms with E-state index in [2.05, 4.69) is 20.5 Å². The molecule has 0 radical (unpaired) electrons. The Kier molecular flexibility index (Phi) is 5.52. The summed E-state index contributed by atoms with van der Waals surface area (Å²) in [4.78, 5) is 6.93. The van der Waals surface area contributed by atoms with E-state index in [0.717, 1.165) is 29.8 Å². The van der Waals surface area contributed by atoms with Gasteiger partial charge in [0.15, 0.2) is 5.96 Å².